The van der Waals surface area contributed by atoms with Gasteiger partial charge in [0.05, 0.1) is 6.20 Å². The van der Waals surface area contributed by atoms with Crippen molar-refractivity contribution in [3.8, 4) is 0 Å². The van der Waals surface area contributed by atoms with Gasteiger partial charge in [0.15, 0.2) is 0 Å². The summed E-state index contributed by atoms with van der Waals surface area (Å²) in [4.78, 5) is 0. The molecule has 0 bridgehead atoms. The van der Waals surface area contributed by atoms with Gasteiger partial charge in [-0.3, -0.25) is 4.68 Å². The Labute approximate surface area is 97.3 Å². The SMILES string of the molecule is CCn1cc(C(O)c2cc(F)cc(F)c2)cn1. The van der Waals surface area contributed by atoms with Crippen LogP contribution in [0.1, 0.15) is 24.2 Å². The minimum absolute atomic E-state index is 0.179. The quantitative estimate of drug-likeness (QED) is 0.890. The largest absolute Gasteiger partial charge is 0.384 e. The Balaban J connectivity index is 2.32. The highest BCUT2D eigenvalue weighted by molar-refractivity contribution is 5.28. The maximum atomic E-state index is 13.0. The fraction of sp³-hybridized carbons (Fsp3) is 0.250. The van der Waals surface area contributed by atoms with Crippen LogP contribution >= 0.6 is 0 Å². The van der Waals surface area contributed by atoms with Crippen LogP contribution in [0.3, 0.4) is 0 Å². The first kappa shape index (κ1) is 11.7. The second kappa shape index (κ2) is 4.63. The fourth-order valence-corrected chi connectivity index (χ4v) is 1.62. The zero-order valence-corrected chi connectivity index (χ0v) is 9.27. The van der Waals surface area contributed by atoms with E-state index in [9.17, 15) is 13.9 Å². The van der Waals surface area contributed by atoms with Gasteiger partial charge in [-0.25, -0.2) is 8.78 Å². The summed E-state index contributed by atoms with van der Waals surface area (Å²) in [6.07, 6.45) is 2.06. The molecule has 0 amide bonds. The van der Waals surface area contributed by atoms with Crippen LogP contribution in [0.4, 0.5) is 8.78 Å². The van der Waals surface area contributed by atoms with E-state index < -0.39 is 17.7 Å². The maximum Gasteiger partial charge on any atom is 0.126 e. The van der Waals surface area contributed by atoms with Crippen LogP contribution in [0.2, 0.25) is 0 Å². The third-order valence-corrected chi connectivity index (χ3v) is 2.49. The summed E-state index contributed by atoms with van der Waals surface area (Å²) in [5, 5.41) is 14.0. The highest BCUT2D eigenvalue weighted by Crippen LogP contribution is 2.22. The molecule has 0 aliphatic carbocycles. The summed E-state index contributed by atoms with van der Waals surface area (Å²) in [6.45, 7) is 2.58. The van der Waals surface area contributed by atoms with Crippen molar-refractivity contribution in [2.24, 2.45) is 0 Å². The van der Waals surface area contributed by atoms with Gasteiger partial charge in [0.25, 0.3) is 0 Å². The Kier molecular flexibility index (Phi) is 3.19. The normalized spacial score (nSPS) is 12.7. The van der Waals surface area contributed by atoms with Crippen molar-refractivity contribution in [1.29, 1.82) is 0 Å². The number of hydrogen-bond donors (Lipinski definition) is 1. The number of aliphatic hydroxyl groups excluding tert-OH is 1. The summed E-state index contributed by atoms with van der Waals surface area (Å²) >= 11 is 0. The summed E-state index contributed by atoms with van der Waals surface area (Å²) in [5.74, 6) is -1.41. The Morgan fingerprint density at radius 1 is 1.24 bits per heavy atom. The molecule has 0 fully saturated rings. The number of benzene rings is 1. The van der Waals surface area contributed by atoms with E-state index in [0.717, 1.165) is 18.2 Å². The molecule has 1 atom stereocenters. The van der Waals surface area contributed by atoms with E-state index >= 15 is 0 Å². The molecule has 1 aromatic heterocycles. The number of hydrogen-bond acceptors (Lipinski definition) is 2. The Morgan fingerprint density at radius 3 is 2.41 bits per heavy atom. The second-order valence-corrected chi connectivity index (χ2v) is 3.73. The predicted molar refractivity (Wildman–Crippen MR) is 58.3 cm³/mol. The first-order valence-corrected chi connectivity index (χ1v) is 5.26. The van der Waals surface area contributed by atoms with Gasteiger partial charge in [-0.05, 0) is 24.6 Å². The molecule has 5 heteroatoms. The number of aromatic nitrogens is 2. The summed E-state index contributed by atoms with van der Waals surface area (Å²) in [5.41, 5.74) is 0.690. The zero-order chi connectivity index (χ0) is 12.4. The lowest BCUT2D eigenvalue weighted by Gasteiger charge is -2.08. The average molecular weight is 238 g/mol. The van der Waals surface area contributed by atoms with Crippen LogP contribution in [-0.4, -0.2) is 14.9 Å². The molecule has 0 spiro atoms. The number of aryl methyl sites for hydroxylation is 1. The van der Waals surface area contributed by atoms with E-state index in [2.05, 4.69) is 5.10 Å². The van der Waals surface area contributed by atoms with Crippen LogP contribution in [0.25, 0.3) is 0 Å². The highest BCUT2D eigenvalue weighted by atomic mass is 19.1. The van der Waals surface area contributed by atoms with Crippen LogP contribution in [0.5, 0.6) is 0 Å². The van der Waals surface area contributed by atoms with Gasteiger partial charge in [0.1, 0.15) is 17.7 Å². The summed E-state index contributed by atoms with van der Waals surface area (Å²) in [6, 6.07) is 2.99. The lowest BCUT2D eigenvalue weighted by molar-refractivity contribution is 0.219. The Hall–Kier alpha value is -1.75. The minimum Gasteiger partial charge on any atom is -0.384 e. The van der Waals surface area contributed by atoms with Gasteiger partial charge < -0.3 is 5.11 Å². The molecule has 17 heavy (non-hydrogen) atoms. The van der Waals surface area contributed by atoms with Gasteiger partial charge in [0.2, 0.25) is 0 Å². The molecule has 2 aromatic rings. The van der Waals surface area contributed by atoms with Crippen molar-refractivity contribution in [3.63, 3.8) is 0 Å². The van der Waals surface area contributed by atoms with E-state index in [1.54, 1.807) is 10.9 Å². The lowest BCUT2D eigenvalue weighted by atomic mass is 10.0. The van der Waals surface area contributed by atoms with Crippen molar-refractivity contribution >= 4 is 0 Å². The molecule has 0 saturated carbocycles. The molecule has 1 heterocycles. The first-order chi connectivity index (χ1) is 8.10. The second-order valence-electron chi connectivity index (χ2n) is 3.73. The topological polar surface area (TPSA) is 38.0 Å². The van der Waals surface area contributed by atoms with Crippen molar-refractivity contribution < 1.29 is 13.9 Å². The number of aliphatic hydroxyl groups is 1. The van der Waals surface area contributed by atoms with Gasteiger partial charge in [-0.1, -0.05) is 0 Å². The standard InChI is InChI=1S/C12H12F2N2O/c1-2-16-7-9(6-15-16)12(17)8-3-10(13)5-11(14)4-8/h3-7,12,17H,2H2,1H3. The van der Waals surface area contributed by atoms with Crippen LogP contribution in [0.15, 0.2) is 30.6 Å². The van der Waals surface area contributed by atoms with Gasteiger partial charge >= 0.3 is 0 Å². The molecular formula is C12H12F2N2O. The number of rotatable bonds is 3. The van der Waals surface area contributed by atoms with Crippen molar-refractivity contribution in [3.05, 3.63) is 53.4 Å². The third-order valence-electron chi connectivity index (χ3n) is 2.49. The van der Waals surface area contributed by atoms with Gasteiger partial charge in [0, 0.05) is 24.4 Å². The van der Waals surface area contributed by atoms with E-state index in [-0.39, 0.29) is 5.56 Å². The maximum absolute atomic E-state index is 13.0. The van der Waals surface area contributed by atoms with Crippen molar-refractivity contribution in [1.82, 2.24) is 9.78 Å². The molecular weight excluding hydrogens is 226 g/mol. The van der Waals surface area contributed by atoms with E-state index in [1.165, 1.54) is 6.20 Å². The van der Waals surface area contributed by atoms with Crippen molar-refractivity contribution in [2.45, 2.75) is 19.6 Å². The molecule has 90 valence electrons. The molecule has 3 nitrogen and oxygen atoms in total. The minimum atomic E-state index is -1.07. The lowest BCUT2D eigenvalue weighted by Crippen LogP contribution is -2.00. The first-order valence-electron chi connectivity index (χ1n) is 5.26. The molecule has 0 radical (unpaired) electrons. The monoisotopic (exact) mass is 238 g/mol. The molecule has 0 aliphatic rings. The smallest absolute Gasteiger partial charge is 0.126 e. The molecule has 1 unspecified atom stereocenters. The van der Waals surface area contributed by atoms with E-state index in [1.807, 2.05) is 6.92 Å². The van der Waals surface area contributed by atoms with Crippen LogP contribution in [0, 0.1) is 11.6 Å². The summed E-state index contributed by atoms with van der Waals surface area (Å²) < 4.78 is 27.6. The van der Waals surface area contributed by atoms with Gasteiger partial charge in [-0.2, -0.15) is 5.10 Å². The van der Waals surface area contributed by atoms with Crippen LogP contribution in [-0.2, 0) is 6.54 Å². The van der Waals surface area contributed by atoms with E-state index in [4.69, 9.17) is 0 Å². The molecule has 1 N–H and O–H groups in total. The molecule has 1 aromatic carbocycles. The van der Waals surface area contributed by atoms with E-state index in [0.29, 0.717) is 12.1 Å². The summed E-state index contributed by atoms with van der Waals surface area (Å²) in [7, 11) is 0. The van der Waals surface area contributed by atoms with Gasteiger partial charge in [-0.15, -0.1) is 0 Å². The van der Waals surface area contributed by atoms with Crippen LogP contribution < -0.4 is 0 Å². The Morgan fingerprint density at radius 2 is 1.88 bits per heavy atom. The Bertz CT molecular complexity index is 505. The zero-order valence-electron chi connectivity index (χ0n) is 9.27. The number of halogens is 2. The average Bonchev–Trinajstić information content (AvgIpc) is 2.75. The molecule has 0 saturated heterocycles. The van der Waals surface area contributed by atoms with Crippen molar-refractivity contribution in [2.75, 3.05) is 0 Å². The molecule has 0 aliphatic heterocycles. The number of nitrogens with zero attached hydrogens (tertiary/aromatic N) is 2. The predicted octanol–water partition coefficient (Wildman–Crippen LogP) is 2.26. The third kappa shape index (κ3) is 2.50. The highest BCUT2D eigenvalue weighted by Gasteiger charge is 2.14. The molecule has 2 rings (SSSR count). The fourth-order valence-electron chi connectivity index (χ4n) is 1.62.